The third kappa shape index (κ3) is 4.65. The van der Waals surface area contributed by atoms with Crippen molar-refractivity contribution in [1.82, 2.24) is 14.7 Å². The Bertz CT molecular complexity index is 478. The number of hydrogen-bond donors (Lipinski definition) is 1. The Morgan fingerprint density at radius 1 is 1.52 bits per heavy atom. The quantitative estimate of drug-likeness (QED) is 0.927. The van der Waals surface area contributed by atoms with Crippen LogP contribution in [0.2, 0.25) is 0 Å². The van der Waals surface area contributed by atoms with Crippen molar-refractivity contribution in [3.63, 3.8) is 0 Å². The van der Waals surface area contributed by atoms with Crippen LogP contribution in [0.5, 0.6) is 0 Å². The van der Waals surface area contributed by atoms with E-state index in [1.54, 1.807) is 4.90 Å². The third-order valence-corrected chi connectivity index (χ3v) is 3.30. The van der Waals surface area contributed by atoms with Gasteiger partial charge in [-0.3, -0.25) is 4.68 Å². The van der Waals surface area contributed by atoms with E-state index in [1.165, 1.54) is 0 Å². The van der Waals surface area contributed by atoms with Crippen LogP contribution in [0.1, 0.15) is 40.5 Å². The maximum Gasteiger partial charge on any atom is 0.410 e. The highest BCUT2D eigenvalue weighted by Crippen LogP contribution is 2.18. The maximum absolute atomic E-state index is 12.0. The molecule has 1 amide bonds. The van der Waals surface area contributed by atoms with Crippen molar-refractivity contribution in [3.05, 3.63) is 12.4 Å². The number of anilines is 1. The highest BCUT2D eigenvalue weighted by Gasteiger charge is 2.29. The first kappa shape index (κ1) is 15.7. The highest BCUT2D eigenvalue weighted by molar-refractivity contribution is 5.68. The van der Waals surface area contributed by atoms with Gasteiger partial charge in [-0.15, -0.1) is 0 Å². The van der Waals surface area contributed by atoms with Crippen molar-refractivity contribution in [2.24, 2.45) is 0 Å². The van der Waals surface area contributed by atoms with Gasteiger partial charge in [-0.1, -0.05) is 6.92 Å². The SMILES string of the molecule is CCCn1cc(NC2CCN(C(=O)OC(C)(C)C)C2)cn1. The molecule has 1 N–H and O–H groups in total. The van der Waals surface area contributed by atoms with Crippen LogP contribution in [0.25, 0.3) is 0 Å². The summed E-state index contributed by atoms with van der Waals surface area (Å²) >= 11 is 0. The summed E-state index contributed by atoms with van der Waals surface area (Å²) in [7, 11) is 0. The zero-order valence-electron chi connectivity index (χ0n) is 13.4. The molecule has 0 saturated carbocycles. The lowest BCUT2D eigenvalue weighted by atomic mass is 10.2. The number of hydrogen-bond acceptors (Lipinski definition) is 4. The second-order valence-corrected chi connectivity index (χ2v) is 6.55. The number of nitrogens with one attached hydrogen (secondary N) is 1. The van der Waals surface area contributed by atoms with Crippen LogP contribution in [-0.2, 0) is 11.3 Å². The topological polar surface area (TPSA) is 59.4 Å². The van der Waals surface area contributed by atoms with Crippen LogP contribution in [0.3, 0.4) is 0 Å². The molecule has 118 valence electrons. The minimum atomic E-state index is -0.441. The molecule has 6 nitrogen and oxygen atoms in total. The molecular formula is C15H26N4O2. The van der Waals surface area contributed by atoms with Gasteiger partial charge in [0.1, 0.15) is 5.60 Å². The smallest absolute Gasteiger partial charge is 0.410 e. The maximum atomic E-state index is 12.0. The molecule has 0 aliphatic carbocycles. The number of amides is 1. The minimum Gasteiger partial charge on any atom is -0.444 e. The molecule has 1 aromatic rings. The molecule has 1 aliphatic rings. The number of likely N-dealkylation sites (tertiary alicyclic amines) is 1. The monoisotopic (exact) mass is 294 g/mol. The molecule has 1 atom stereocenters. The molecule has 0 radical (unpaired) electrons. The van der Waals surface area contributed by atoms with Crippen LogP contribution in [0.4, 0.5) is 10.5 Å². The summed E-state index contributed by atoms with van der Waals surface area (Å²) in [5.41, 5.74) is 0.573. The molecule has 1 aliphatic heterocycles. The lowest BCUT2D eigenvalue weighted by Crippen LogP contribution is -2.36. The van der Waals surface area contributed by atoms with Crippen molar-refractivity contribution in [2.75, 3.05) is 18.4 Å². The Morgan fingerprint density at radius 3 is 2.95 bits per heavy atom. The first-order chi connectivity index (χ1) is 9.87. The zero-order valence-corrected chi connectivity index (χ0v) is 13.4. The Hall–Kier alpha value is -1.72. The van der Waals surface area contributed by atoms with Gasteiger partial charge in [-0.2, -0.15) is 5.10 Å². The summed E-state index contributed by atoms with van der Waals surface area (Å²) in [6, 6.07) is 0.261. The molecule has 1 saturated heterocycles. The Balaban J connectivity index is 1.83. The second-order valence-electron chi connectivity index (χ2n) is 6.55. The van der Waals surface area contributed by atoms with Gasteiger partial charge in [-0.05, 0) is 33.6 Å². The van der Waals surface area contributed by atoms with E-state index >= 15 is 0 Å². The fraction of sp³-hybridized carbons (Fsp3) is 0.733. The van der Waals surface area contributed by atoms with Crippen LogP contribution in [0.15, 0.2) is 12.4 Å². The molecule has 1 aromatic heterocycles. The largest absolute Gasteiger partial charge is 0.444 e. The van der Waals surface area contributed by atoms with Gasteiger partial charge in [0.05, 0.1) is 11.9 Å². The molecule has 0 spiro atoms. The summed E-state index contributed by atoms with van der Waals surface area (Å²) in [6.45, 7) is 10.1. The lowest BCUT2D eigenvalue weighted by molar-refractivity contribution is 0.0293. The second kappa shape index (κ2) is 6.37. The van der Waals surface area contributed by atoms with E-state index in [1.807, 2.05) is 37.8 Å². The van der Waals surface area contributed by atoms with Gasteiger partial charge in [0.25, 0.3) is 0 Å². The van der Waals surface area contributed by atoms with Gasteiger partial charge < -0.3 is 15.0 Å². The Labute approximate surface area is 126 Å². The van der Waals surface area contributed by atoms with E-state index < -0.39 is 5.60 Å². The van der Waals surface area contributed by atoms with Gasteiger partial charge in [0.2, 0.25) is 0 Å². The van der Waals surface area contributed by atoms with E-state index in [0.29, 0.717) is 6.54 Å². The molecule has 6 heteroatoms. The summed E-state index contributed by atoms with van der Waals surface area (Å²) < 4.78 is 7.33. The van der Waals surface area contributed by atoms with Crippen LogP contribution in [0, 0.1) is 0 Å². The Kier molecular flexibility index (Phi) is 4.75. The lowest BCUT2D eigenvalue weighted by Gasteiger charge is -2.24. The number of carbonyl (C=O) groups is 1. The molecule has 2 heterocycles. The van der Waals surface area contributed by atoms with E-state index in [2.05, 4.69) is 17.3 Å². The van der Waals surface area contributed by atoms with Crippen LogP contribution >= 0.6 is 0 Å². The number of aromatic nitrogens is 2. The predicted octanol–water partition coefficient (Wildman–Crippen LogP) is 2.71. The van der Waals surface area contributed by atoms with E-state index in [4.69, 9.17) is 4.74 Å². The minimum absolute atomic E-state index is 0.228. The predicted molar refractivity (Wildman–Crippen MR) is 82.4 cm³/mol. The van der Waals surface area contributed by atoms with Crippen molar-refractivity contribution in [2.45, 2.75) is 58.7 Å². The third-order valence-electron chi connectivity index (χ3n) is 3.30. The number of ether oxygens (including phenoxy) is 1. The molecule has 2 rings (SSSR count). The fourth-order valence-corrected chi connectivity index (χ4v) is 2.40. The van der Waals surface area contributed by atoms with Gasteiger partial charge in [0.15, 0.2) is 0 Å². The first-order valence-corrected chi connectivity index (χ1v) is 7.64. The molecule has 21 heavy (non-hydrogen) atoms. The van der Waals surface area contributed by atoms with E-state index in [9.17, 15) is 4.79 Å². The Morgan fingerprint density at radius 2 is 2.29 bits per heavy atom. The van der Waals surface area contributed by atoms with E-state index in [0.717, 1.165) is 31.6 Å². The number of nitrogens with zero attached hydrogens (tertiary/aromatic N) is 3. The van der Waals surface area contributed by atoms with Gasteiger partial charge in [-0.25, -0.2) is 4.79 Å². The number of rotatable bonds is 4. The molecule has 1 unspecified atom stereocenters. The van der Waals surface area contributed by atoms with Crippen molar-refractivity contribution >= 4 is 11.8 Å². The summed E-state index contributed by atoms with van der Waals surface area (Å²) in [4.78, 5) is 13.8. The summed E-state index contributed by atoms with van der Waals surface area (Å²) in [5.74, 6) is 0. The number of carbonyl (C=O) groups excluding carboxylic acids is 1. The normalized spacial score (nSPS) is 18.9. The summed E-state index contributed by atoms with van der Waals surface area (Å²) in [6.07, 6.45) is 5.62. The van der Waals surface area contributed by atoms with Crippen LogP contribution in [-0.4, -0.2) is 45.5 Å². The summed E-state index contributed by atoms with van der Waals surface area (Å²) in [5, 5.41) is 7.73. The number of aryl methyl sites for hydroxylation is 1. The fourth-order valence-electron chi connectivity index (χ4n) is 2.40. The van der Waals surface area contributed by atoms with Crippen molar-refractivity contribution < 1.29 is 9.53 Å². The molecule has 0 aromatic carbocycles. The van der Waals surface area contributed by atoms with Gasteiger partial charge >= 0.3 is 6.09 Å². The van der Waals surface area contributed by atoms with E-state index in [-0.39, 0.29) is 12.1 Å². The molecule has 1 fully saturated rings. The molecular weight excluding hydrogens is 268 g/mol. The average Bonchev–Trinajstić information content (AvgIpc) is 2.98. The standard InChI is InChI=1S/C15H26N4O2/c1-5-7-19-11-13(9-16-19)17-12-6-8-18(10-12)14(20)21-15(2,3)4/h9,11-12,17H,5-8,10H2,1-4H3. The zero-order chi connectivity index (χ0) is 15.5. The molecule has 0 bridgehead atoms. The average molecular weight is 294 g/mol. The van der Waals surface area contributed by atoms with Gasteiger partial charge in [0, 0.05) is 31.9 Å². The van der Waals surface area contributed by atoms with Crippen LogP contribution < -0.4 is 5.32 Å². The highest BCUT2D eigenvalue weighted by atomic mass is 16.6. The van der Waals surface area contributed by atoms with Crippen molar-refractivity contribution in [1.29, 1.82) is 0 Å². The van der Waals surface area contributed by atoms with Crippen molar-refractivity contribution in [3.8, 4) is 0 Å². The first-order valence-electron chi connectivity index (χ1n) is 7.64.